The summed E-state index contributed by atoms with van der Waals surface area (Å²) < 4.78 is 13.5. The number of halogens is 1. The third-order valence-corrected chi connectivity index (χ3v) is 13.9. The van der Waals surface area contributed by atoms with Gasteiger partial charge in [0.05, 0.1) is 30.1 Å². The van der Waals surface area contributed by atoms with Crippen LogP contribution in [0.15, 0.2) is 24.3 Å². The van der Waals surface area contributed by atoms with Crippen LogP contribution < -0.4 is 27.0 Å². The Labute approximate surface area is 368 Å². The molecule has 342 valence electrons. The van der Waals surface area contributed by atoms with Crippen molar-refractivity contribution in [1.82, 2.24) is 26.2 Å². The number of nitrogens with two attached hydrogens (primary N) is 1. The van der Waals surface area contributed by atoms with Crippen molar-refractivity contribution in [1.29, 1.82) is 0 Å². The predicted octanol–water partition coefficient (Wildman–Crippen LogP) is 2.45. The quantitative estimate of drug-likeness (QED) is 0.0933. The Hall–Kier alpha value is -4.26. The summed E-state index contributed by atoms with van der Waals surface area (Å²) in [6.45, 7) is 13.8. The number of carboxylic acids is 2. The lowest BCUT2D eigenvalue weighted by atomic mass is 9.43. The summed E-state index contributed by atoms with van der Waals surface area (Å²) in [4.78, 5) is 92.7. The maximum atomic E-state index is 14.4. The molecule has 1 aromatic carbocycles. The van der Waals surface area contributed by atoms with Crippen LogP contribution in [0, 0.1) is 29.1 Å². The molecule has 62 heavy (non-hydrogen) atoms. The molecule has 3 saturated carbocycles. The van der Waals surface area contributed by atoms with E-state index in [9.17, 15) is 38.7 Å². The molecule has 17 nitrogen and oxygen atoms in total. The number of hydrogen-bond acceptors (Lipinski definition) is 10. The number of likely N-dealkylation sites (tertiary alicyclic amines) is 1. The highest BCUT2D eigenvalue weighted by Crippen LogP contribution is 2.65. The number of rotatable bonds is 20. The molecule has 2 saturated heterocycles. The average molecular weight is 887 g/mol. The monoisotopic (exact) mass is 886 g/mol. The largest absolute Gasteiger partial charge is 0.481 e. The Balaban J connectivity index is 1.28. The van der Waals surface area contributed by atoms with Crippen LogP contribution in [0.1, 0.15) is 105 Å². The maximum Gasteiger partial charge on any atom is 0.481 e. The van der Waals surface area contributed by atoms with Gasteiger partial charge < -0.3 is 51.4 Å². The number of amides is 5. The Kier molecular flexibility index (Phi) is 15.8. The SMILES string of the molecule is CC(C)[C@H](NC(=O)[C@H](CCC(=O)O)NC(=O)[C@@H](N)CC(=O)O)C(=O)N[C@H](C(=O)N1CCC[C@H]1C(=O)N[C@@H](CCc1ccc(Cl)cc1)B1O[C@@H]2C[C@@H]3C[C@H](C3(C)C)[C@]2(C)O1)C(C)C. The number of carboxylic acid groups (broad SMARTS) is 2. The van der Waals surface area contributed by atoms with Gasteiger partial charge in [0.15, 0.2) is 0 Å². The summed E-state index contributed by atoms with van der Waals surface area (Å²) in [5.74, 6) is -6.66. The minimum absolute atomic E-state index is 0.102. The summed E-state index contributed by atoms with van der Waals surface area (Å²) in [5, 5.41) is 29.8. The number of nitrogens with one attached hydrogen (secondary N) is 4. The molecule has 8 N–H and O–H groups in total. The second-order valence-electron chi connectivity index (χ2n) is 19.0. The molecule has 2 heterocycles. The number of nitrogens with zero attached hydrogens (tertiary/aromatic N) is 1. The van der Waals surface area contributed by atoms with Crippen molar-refractivity contribution >= 4 is 60.2 Å². The lowest BCUT2D eigenvalue weighted by Crippen LogP contribution is -2.65. The maximum absolute atomic E-state index is 14.4. The zero-order valence-corrected chi connectivity index (χ0v) is 37.5. The summed E-state index contributed by atoms with van der Waals surface area (Å²) >= 11 is 6.15. The molecule has 3 aliphatic carbocycles. The molecule has 2 bridgehead atoms. The molecule has 10 atom stereocenters. The number of aliphatic carboxylic acids is 2. The topological polar surface area (TPSA) is 256 Å². The van der Waals surface area contributed by atoms with E-state index in [1.165, 1.54) is 4.90 Å². The molecule has 0 radical (unpaired) electrons. The molecule has 6 rings (SSSR count). The van der Waals surface area contributed by atoms with Gasteiger partial charge in [0.1, 0.15) is 24.2 Å². The average Bonchev–Trinajstić information content (AvgIpc) is 3.83. The van der Waals surface area contributed by atoms with E-state index in [0.717, 1.165) is 18.4 Å². The van der Waals surface area contributed by atoms with Crippen LogP contribution in [-0.4, -0.2) is 118 Å². The van der Waals surface area contributed by atoms with Crippen molar-refractivity contribution in [2.24, 2.45) is 34.8 Å². The van der Waals surface area contributed by atoms with Crippen molar-refractivity contribution in [3.8, 4) is 0 Å². The van der Waals surface area contributed by atoms with Crippen molar-refractivity contribution in [2.75, 3.05) is 6.54 Å². The van der Waals surface area contributed by atoms with E-state index in [1.807, 2.05) is 24.3 Å². The molecule has 0 spiro atoms. The van der Waals surface area contributed by atoms with Gasteiger partial charge in [-0.2, -0.15) is 0 Å². The van der Waals surface area contributed by atoms with Gasteiger partial charge in [-0.1, -0.05) is 65.3 Å². The van der Waals surface area contributed by atoms with Crippen LogP contribution in [0.4, 0.5) is 0 Å². The lowest BCUT2D eigenvalue weighted by Gasteiger charge is -2.64. The van der Waals surface area contributed by atoms with E-state index in [-0.39, 0.29) is 30.4 Å². The third kappa shape index (κ3) is 11.1. The van der Waals surface area contributed by atoms with Crippen molar-refractivity contribution in [3.63, 3.8) is 0 Å². The number of hydrogen-bond donors (Lipinski definition) is 7. The van der Waals surface area contributed by atoms with Crippen molar-refractivity contribution < 1.29 is 53.1 Å². The first kappa shape index (κ1) is 48.8. The van der Waals surface area contributed by atoms with Crippen molar-refractivity contribution in [3.05, 3.63) is 34.9 Å². The summed E-state index contributed by atoms with van der Waals surface area (Å²) in [6, 6.07) is 1.40. The molecular formula is C43H64BClN6O11. The molecule has 0 aromatic heterocycles. The minimum atomic E-state index is -1.51. The molecule has 1 aromatic rings. The van der Waals surface area contributed by atoms with E-state index < -0.39 is 109 Å². The fraction of sp³-hybridized carbons (Fsp3) is 0.698. The van der Waals surface area contributed by atoms with Crippen LogP contribution in [0.5, 0.6) is 0 Å². The Morgan fingerprint density at radius 2 is 1.52 bits per heavy atom. The predicted molar refractivity (Wildman–Crippen MR) is 229 cm³/mol. The molecule has 2 aliphatic heterocycles. The summed E-state index contributed by atoms with van der Waals surface area (Å²) in [6.07, 6.45) is 2.29. The highest BCUT2D eigenvalue weighted by Gasteiger charge is 2.68. The second-order valence-corrected chi connectivity index (χ2v) is 19.4. The van der Waals surface area contributed by atoms with Gasteiger partial charge in [-0.05, 0) is 98.7 Å². The second kappa shape index (κ2) is 20.1. The Bertz CT molecular complexity index is 1850. The van der Waals surface area contributed by atoms with Crippen LogP contribution in [-0.2, 0) is 49.3 Å². The first-order chi connectivity index (χ1) is 29.0. The minimum Gasteiger partial charge on any atom is -0.481 e. The normalized spacial score (nSPS) is 26.0. The molecule has 5 aliphatic rings. The van der Waals surface area contributed by atoms with Gasteiger partial charge in [0.2, 0.25) is 29.5 Å². The van der Waals surface area contributed by atoms with E-state index in [2.05, 4.69) is 42.0 Å². The van der Waals surface area contributed by atoms with E-state index in [1.54, 1.807) is 27.7 Å². The number of carbonyl (C=O) groups excluding carboxylic acids is 5. The van der Waals surface area contributed by atoms with E-state index in [4.69, 9.17) is 31.7 Å². The number of benzene rings is 1. The van der Waals surface area contributed by atoms with Crippen LogP contribution in [0.3, 0.4) is 0 Å². The summed E-state index contributed by atoms with van der Waals surface area (Å²) in [7, 11) is -0.702. The van der Waals surface area contributed by atoms with E-state index in [0.29, 0.717) is 42.5 Å². The Morgan fingerprint density at radius 3 is 2.11 bits per heavy atom. The van der Waals surface area contributed by atoms with E-state index >= 15 is 0 Å². The fourth-order valence-corrected chi connectivity index (χ4v) is 9.85. The number of carbonyl (C=O) groups is 7. The lowest BCUT2D eigenvalue weighted by molar-refractivity contribution is -0.199. The molecule has 5 fully saturated rings. The molecule has 5 amide bonds. The van der Waals surface area contributed by atoms with Crippen molar-refractivity contribution in [2.45, 2.75) is 154 Å². The van der Waals surface area contributed by atoms with Gasteiger partial charge >= 0.3 is 19.1 Å². The standard InChI is InChI=1S/C43H64BClN6O11/c1-22(2)35(49-38(57)28(15-17-33(52)53)47-37(56)27(46)21-34(54)55)40(59)50-36(23(3)4)41(60)51-18-8-9-29(51)39(58)48-32(16-12-24-10-13-26(45)14-11-24)44-61-31-20-25-19-30(42(25,5)6)43(31,7)62-44/h10-11,13-14,22-23,25,27-32,35-36H,8-9,12,15-21,46H2,1-7H3,(H,47,56)(H,48,58)(H,49,57)(H,50,59)(H,52,53)(H,54,55)/t25-,27-,28-,29-,30+,31+,32-,35-,36-,43-/m0/s1. The first-order valence-corrected chi connectivity index (χ1v) is 22.2. The van der Waals surface area contributed by atoms with Gasteiger partial charge in [-0.15, -0.1) is 0 Å². The Morgan fingerprint density at radius 1 is 0.871 bits per heavy atom. The zero-order valence-electron chi connectivity index (χ0n) is 36.8. The molecular weight excluding hydrogens is 823 g/mol. The van der Waals surface area contributed by atoms with Gasteiger partial charge in [-0.3, -0.25) is 33.6 Å². The summed E-state index contributed by atoms with van der Waals surface area (Å²) in [5.41, 5.74) is 6.32. The van der Waals surface area contributed by atoms with Gasteiger partial charge in [0.25, 0.3) is 0 Å². The smallest absolute Gasteiger partial charge is 0.481 e. The van der Waals surface area contributed by atoms with Crippen LogP contribution in [0.2, 0.25) is 5.02 Å². The highest BCUT2D eigenvalue weighted by molar-refractivity contribution is 6.48. The highest BCUT2D eigenvalue weighted by atomic mass is 35.5. The molecule has 19 heteroatoms. The fourth-order valence-electron chi connectivity index (χ4n) is 9.72. The van der Waals surface area contributed by atoms with Crippen LogP contribution >= 0.6 is 11.6 Å². The van der Waals surface area contributed by atoms with Crippen LogP contribution in [0.25, 0.3) is 0 Å². The van der Waals surface area contributed by atoms with Gasteiger partial charge in [0, 0.05) is 18.0 Å². The first-order valence-electron chi connectivity index (χ1n) is 21.8. The zero-order chi connectivity index (χ0) is 45.8. The molecule has 0 unspecified atom stereocenters. The van der Waals surface area contributed by atoms with Gasteiger partial charge in [-0.25, -0.2) is 0 Å². The number of aryl methyl sites for hydroxylation is 1. The third-order valence-electron chi connectivity index (χ3n) is 13.6.